The third kappa shape index (κ3) is 5.23. The van der Waals surface area contributed by atoms with Crippen LogP contribution in [-0.4, -0.2) is 5.11 Å². The SMILES string of the molecule is CC(C)c1ccc(C[S+]=C(N)N)cc1.[Cl-]. The molecule has 4 heteroatoms. The van der Waals surface area contributed by atoms with Gasteiger partial charge in [0, 0.05) is 5.56 Å². The zero-order chi connectivity index (χ0) is 10.6. The maximum Gasteiger partial charge on any atom is 0.315 e. The van der Waals surface area contributed by atoms with Gasteiger partial charge in [0.05, 0.1) is 0 Å². The first kappa shape index (κ1) is 14.5. The molecule has 1 aromatic carbocycles. The second-order valence-electron chi connectivity index (χ2n) is 3.59. The minimum Gasteiger partial charge on any atom is -1.00 e. The van der Waals surface area contributed by atoms with Crippen LogP contribution in [0.25, 0.3) is 0 Å². The molecular weight excluding hydrogens is 228 g/mol. The van der Waals surface area contributed by atoms with Crippen molar-refractivity contribution < 1.29 is 12.4 Å². The molecular formula is C11H17ClN2S. The van der Waals surface area contributed by atoms with Crippen LogP contribution in [0.1, 0.15) is 30.9 Å². The van der Waals surface area contributed by atoms with Crippen molar-refractivity contribution in [3.63, 3.8) is 0 Å². The van der Waals surface area contributed by atoms with Crippen molar-refractivity contribution in [1.82, 2.24) is 0 Å². The monoisotopic (exact) mass is 244 g/mol. The molecule has 2 nitrogen and oxygen atoms in total. The van der Waals surface area contributed by atoms with Gasteiger partial charge in [0.15, 0.2) is 0 Å². The van der Waals surface area contributed by atoms with Gasteiger partial charge in [-0.25, -0.2) is 11.5 Å². The molecule has 4 N–H and O–H groups in total. The van der Waals surface area contributed by atoms with Gasteiger partial charge in [-0.2, -0.15) is 0 Å². The van der Waals surface area contributed by atoms with E-state index in [2.05, 4.69) is 38.1 Å². The zero-order valence-electron chi connectivity index (χ0n) is 9.03. The molecule has 84 valence electrons. The van der Waals surface area contributed by atoms with Crippen molar-refractivity contribution in [3.05, 3.63) is 35.4 Å². The highest BCUT2D eigenvalue weighted by molar-refractivity contribution is 7.77. The van der Waals surface area contributed by atoms with E-state index in [1.165, 1.54) is 22.5 Å². The number of benzene rings is 1. The number of hydrogen-bond donors (Lipinski definition) is 2. The second kappa shape index (κ2) is 6.90. The van der Waals surface area contributed by atoms with Crippen molar-refractivity contribution in [3.8, 4) is 0 Å². The molecule has 0 aliphatic carbocycles. The third-order valence-electron chi connectivity index (χ3n) is 2.05. The Morgan fingerprint density at radius 2 is 1.73 bits per heavy atom. The summed E-state index contributed by atoms with van der Waals surface area (Å²) in [5.74, 6) is 1.43. The topological polar surface area (TPSA) is 52.0 Å². The summed E-state index contributed by atoms with van der Waals surface area (Å²) in [6.45, 7) is 4.38. The van der Waals surface area contributed by atoms with Crippen LogP contribution < -0.4 is 23.9 Å². The first-order chi connectivity index (χ1) is 6.59. The van der Waals surface area contributed by atoms with Gasteiger partial charge >= 0.3 is 5.11 Å². The predicted octanol–water partition coefficient (Wildman–Crippen LogP) is -1.60. The molecule has 0 unspecified atom stereocenters. The van der Waals surface area contributed by atoms with E-state index in [-0.39, 0.29) is 12.4 Å². The third-order valence-corrected chi connectivity index (χ3v) is 2.86. The maximum atomic E-state index is 5.38. The van der Waals surface area contributed by atoms with Crippen molar-refractivity contribution in [2.75, 3.05) is 0 Å². The van der Waals surface area contributed by atoms with E-state index in [4.69, 9.17) is 11.5 Å². The van der Waals surface area contributed by atoms with E-state index in [0.717, 1.165) is 5.75 Å². The number of hydrogen-bond acceptors (Lipinski definition) is 0. The zero-order valence-corrected chi connectivity index (χ0v) is 10.6. The lowest BCUT2D eigenvalue weighted by molar-refractivity contribution is -0.00000323. The van der Waals surface area contributed by atoms with Crippen LogP contribution in [0.2, 0.25) is 0 Å². The fourth-order valence-corrected chi connectivity index (χ4v) is 1.69. The summed E-state index contributed by atoms with van der Waals surface area (Å²) in [4.78, 5) is 0. The van der Waals surface area contributed by atoms with Gasteiger partial charge in [-0.15, -0.1) is 0 Å². The molecule has 0 spiro atoms. The van der Waals surface area contributed by atoms with Crippen LogP contribution in [0.5, 0.6) is 0 Å². The summed E-state index contributed by atoms with van der Waals surface area (Å²) in [6, 6.07) is 8.58. The summed E-state index contributed by atoms with van der Waals surface area (Å²) >= 11 is 1.47. The van der Waals surface area contributed by atoms with Crippen LogP contribution in [0.15, 0.2) is 24.3 Å². The van der Waals surface area contributed by atoms with Gasteiger partial charge in [-0.05, 0) is 11.5 Å². The molecule has 0 bridgehead atoms. The smallest absolute Gasteiger partial charge is 0.315 e. The quantitative estimate of drug-likeness (QED) is 0.497. The first-order valence-corrected chi connectivity index (χ1v) is 5.67. The van der Waals surface area contributed by atoms with E-state index >= 15 is 0 Å². The fourth-order valence-electron chi connectivity index (χ4n) is 1.17. The van der Waals surface area contributed by atoms with E-state index in [1.807, 2.05) is 0 Å². The van der Waals surface area contributed by atoms with Crippen molar-refractivity contribution >= 4 is 16.5 Å². The number of halogens is 1. The normalized spacial score (nSPS) is 9.67. The van der Waals surface area contributed by atoms with Gasteiger partial charge in [-0.3, -0.25) is 0 Å². The number of nitrogens with two attached hydrogens (primary N) is 2. The molecule has 0 atom stereocenters. The van der Waals surface area contributed by atoms with Crippen LogP contribution >= 0.6 is 0 Å². The van der Waals surface area contributed by atoms with Crippen molar-refractivity contribution in [2.24, 2.45) is 11.5 Å². The van der Waals surface area contributed by atoms with Crippen molar-refractivity contribution in [2.45, 2.75) is 25.5 Å². The minimum atomic E-state index is 0. The van der Waals surface area contributed by atoms with Crippen LogP contribution in [0.3, 0.4) is 0 Å². The van der Waals surface area contributed by atoms with Crippen LogP contribution in [0.4, 0.5) is 0 Å². The average Bonchev–Trinajstić information content (AvgIpc) is 2.15. The lowest BCUT2D eigenvalue weighted by atomic mass is 10.0. The lowest BCUT2D eigenvalue weighted by Crippen LogP contribution is -3.00. The Hall–Kier alpha value is -0.480. The highest BCUT2D eigenvalue weighted by atomic mass is 35.5. The Balaban J connectivity index is 0.00000196. The average molecular weight is 245 g/mol. The van der Waals surface area contributed by atoms with Gasteiger partial charge in [0.1, 0.15) is 0 Å². The van der Waals surface area contributed by atoms with Crippen LogP contribution in [0, 0.1) is 0 Å². The van der Waals surface area contributed by atoms with E-state index < -0.39 is 0 Å². The molecule has 0 amide bonds. The molecule has 0 fully saturated rings. The Bertz CT molecular complexity index is 316. The van der Waals surface area contributed by atoms with Gasteiger partial charge < -0.3 is 12.4 Å². The molecule has 0 heterocycles. The van der Waals surface area contributed by atoms with Gasteiger partial charge in [-0.1, -0.05) is 38.1 Å². The largest absolute Gasteiger partial charge is 1.00 e. The van der Waals surface area contributed by atoms with Gasteiger partial charge in [0.2, 0.25) is 17.1 Å². The molecule has 0 radical (unpaired) electrons. The molecule has 0 saturated heterocycles. The predicted molar refractivity (Wildman–Crippen MR) is 65.0 cm³/mol. The fraction of sp³-hybridized carbons (Fsp3) is 0.364. The highest BCUT2D eigenvalue weighted by Crippen LogP contribution is 2.14. The standard InChI is InChI=1S/C11H17N2S.ClH/c1-8(2)10-5-3-9(4-6-10)7-14-11(12)13;/h3-6,8H,7,12-13H2,1-2H3;1H/q+1;/p-1. The minimum absolute atomic E-state index is 0. The lowest BCUT2D eigenvalue weighted by Gasteiger charge is -2.03. The Morgan fingerprint density at radius 3 is 2.13 bits per heavy atom. The molecule has 0 aromatic heterocycles. The Kier molecular flexibility index (Phi) is 6.68. The summed E-state index contributed by atoms with van der Waals surface area (Å²) in [5, 5.41) is 0.429. The van der Waals surface area contributed by atoms with Crippen molar-refractivity contribution in [1.29, 1.82) is 0 Å². The summed E-state index contributed by atoms with van der Waals surface area (Å²) in [6.07, 6.45) is 0. The van der Waals surface area contributed by atoms with E-state index in [0.29, 0.717) is 11.0 Å². The first-order valence-electron chi connectivity index (χ1n) is 4.69. The second-order valence-corrected chi connectivity index (χ2v) is 4.64. The summed E-state index contributed by atoms with van der Waals surface area (Å²) < 4.78 is 0. The molecule has 0 aliphatic rings. The molecule has 15 heavy (non-hydrogen) atoms. The molecule has 1 rings (SSSR count). The highest BCUT2D eigenvalue weighted by Gasteiger charge is 2.03. The van der Waals surface area contributed by atoms with E-state index in [1.54, 1.807) is 0 Å². The number of rotatable bonds is 3. The molecule has 0 aliphatic heterocycles. The van der Waals surface area contributed by atoms with Crippen LogP contribution in [-0.2, 0) is 17.1 Å². The Labute approximate surface area is 101 Å². The molecule has 1 aromatic rings. The molecule has 0 saturated carbocycles. The summed E-state index contributed by atoms with van der Waals surface area (Å²) in [7, 11) is 0. The summed E-state index contributed by atoms with van der Waals surface area (Å²) in [5.41, 5.74) is 13.4. The Morgan fingerprint density at radius 1 is 1.20 bits per heavy atom. The maximum absolute atomic E-state index is 5.38. The van der Waals surface area contributed by atoms with Gasteiger partial charge in [0.25, 0.3) is 0 Å². The van der Waals surface area contributed by atoms with E-state index in [9.17, 15) is 0 Å².